The first-order valence-corrected chi connectivity index (χ1v) is 9.63. The van der Waals surface area contributed by atoms with Gasteiger partial charge in [0.05, 0.1) is 49.9 Å². The Morgan fingerprint density at radius 3 is 3.07 bits per heavy atom. The Morgan fingerprint density at radius 2 is 2.30 bits per heavy atom. The van der Waals surface area contributed by atoms with Crippen molar-refractivity contribution in [2.24, 2.45) is 7.05 Å². The van der Waals surface area contributed by atoms with Crippen LogP contribution in [0, 0.1) is 0 Å². The largest absolute Gasteiger partial charge is 0.383 e. The van der Waals surface area contributed by atoms with E-state index < -0.39 is 0 Å². The van der Waals surface area contributed by atoms with Crippen molar-refractivity contribution in [2.75, 3.05) is 26.9 Å². The zero-order valence-corrected chi connectivity index (χ0v) is 16.1. The van der Waals surface area contributed by atoms with E-state index in [4.69, 9.17) is 14.6 Å². The molecule has 0 saturated carbocycles. The third-order valence-corrected chi connectivity index (χ3v) is 5.47. The van der Waals surface area contributed by atoms with Gasteiger partial charge in [-0.1, -0.05) is 0 Å². The van der Waals surface area contributed by atoms with Gasteiger partial charge in [-0.05, 0) is 19.3 Å². The lowest BCUT2D eigenvalue weighted by Crippen LogP contribution is -2.39. The smallest absolute Gasteiger partial charge is 0.257 e. The van der Waals surface area contributed by atoms with Crippen LogP contribution in [0.2, 0.25) is 0 Å². The van der Waals surface area contributed by atoms with Crippen LogP contribution in [0.5, 0.6) is 0 Å². The maximum absolute atomic E-state index is 13.1. The van der Waals surface area contributed by atoms with Gasteiger partial charge in [0.1, 0.15) is 0 Å². The van der Waals surface area contributed by atoms with Gasteiger partial charge in [0.15, 0.2) is 0 Å². The number of fused-ring (bicyclic) bond motifs is 1. The minimum atomic E-state index is -0.00861. The maximum Gasteiger partial charge on any atom is 0.257 e. The Morgan fingerprint density at radius 1 is 1.41 bits per heavy atom. The van der Waals surface area contributed by atoms with E-state index in [9.17, 15) is 4.79 Å². The summed E-state index contributed by atoms with van der Waals surface area (Å²) in [6, 6.07) is -0.00861. The molecular weight excluding hydrogens is 346 g/mol. The quantitative estimate of drug-likeness (QED) is 0.798. The molecule has 2 aliphatic rings. The van der Waals surface area contributed by atoms with Crippen molar-refractivity contribution in [3.8, 4) is 0 Å². The summed E-state index contributed by atoms with van der Waals surface area (Å²) in [6.07, 6.45) is 7.33. The van der Waals surface area contributed by atoms with E-state index in [1.54, 1.807) is 24.2 Å². The SMILES string of the molecule is COCCn1nc(C2CCCCN2C(=O)c2cnn(C)c2)c2c1CCOC2. The summed E-state index contributed by atoms with van der Waals surface area (Å²) in [5, 5.41) is 9.08. The number of rotatable bonds is 5. The zero-order valence-electron chi connectivity index (χ0n) is 16.1. The molecule has 2 aromatic rings. The van der Waals surface area contributed by atoms with Crippen LogP contribution in [-0.4, -0.2) is 57.2 Å². The number of aromatic nitrogens is 4. The molecule has 4 rings (SSSR count). The highest BCUT2D eigenvalue weighted by Crippen LogP contribution is 2.35. The van der Waals surface area contributed by atoms with Crippen molar-refractivity contribution < 1.29 is 14.3 Å². The molecule has 1 amide bonds. The number of likely N-dealkylation sites (tertiary alicyclic amines) is 1. The predicted molar refractivity (Wildman–Crippen MR) is 98.3 cm³/mol. The molecule has 1 unspecified atom stereocenters. The van der Waals surface area contributed by atoms with Gasteiger partial charge < -0.3 is 14.4 Å². The fourth-order valence-corrected chi connectivity index (χ4v) is 4.12. The number of carbonyl (C=O) groups excluding carboxylic acids is 1. The number of aryl methyl sites for hydroxylation is 1. The molecule has 0 bridgehead atoms. The lowest BCUT2D eigenvalue weighted by Gasteiger charge is -2.35. The molecule has 0 spiro atoms. The fraction of sp³-hybridized carbons (Fsp3) is 0.632. The van der Waals surface area contributed by atoms with Crippen molar-refractivity contribution in [1.29, 1.82) is 0 Å². The van der Waals surface area contributed by atoms with Crippen LogP contribution in [0.3, 0.4) is 0 Å². The van der Waals surface area contributed by atoms with Crippen LogP contribution in [0.25, 0.3) is 0 Å². The molecule has 27 heavy (non-hydrogen) atoms. The van der Waals surface area contributed by atoms with Crippen LogP contribution < -0.4 is 0 Å². The third-order valence-electron chi connectivity index (χ3n) is 5.47. The number of carbonyl (C=O) groups is 1. The maximum atomic E-state index is 13.1. The summed E-state index contributed by atoms with van der Waals surface area (Å²) in [7, 11) is 3.53. The van der Waals surface area contributed by atoms with Crippen LogP contribution in [0.1, 0.15) is 52.6 Å². The number of methoxy groups -OCH3 is 1. The molecule has 1 atom stereocenters. The normalized spacial score (nSPS) is 19.9. The Labute approximate surface area is 159 Å². The van der Waals surface area contributed by atoms with Crippen molar-refractivity contribution in [1.82, 2.24) is 24.5 Å². The average molecular weight is 373 g/mol. The molecule has 0 N–H and O–H groups in total. The van der Waals surface area contributed by atoms with E-state index in [0.29, 0.717) is 25.4 Å². The molecule has 8 nitrogen and oxygen atoms in total. The first-order chi connectivity index (χ1) is 13.2. The van der Waals surface area contributed by atoms with Gasteiger partial charge in [-0.15, -0.1) is 0 Å². The van der Waals surface area contributed by atoms with E-state index in [1.807, 2.05) is 11.9 Å². The fourth-order valence-electron chi connectivity index (χ4n) is 4.12. The second-order valence-corrected chi connectivity index (χ2v) is 7.24. The van der Waals surface area contributed by atoms with E-state index in [1.165, 1.54) is 5.69 Å². The van der Waals surface area contributed by atoms with Crippen LogP contribution in [-0.2, 0) is 36.1 Å². The van der Waals surface area contributed by atoms with Crippen molar-refractivity contribution in [3.05, 3.63) is 34.9 Å². The molecule has 0 radical (unpaired) electrons. The molecule has 146 valence electrons. The number of piperidine rings is 1. The van der Waals surface area contributed by atoms with Gasteiger partial charge in [-0.3, -0.25) is 14.2 Å². The number of nitrogens with zero attached hydrogens (tertiary/aromatic N) is 5. The van der Waals surface area contributed by atoms with Gasteiger partial charge in [0.25, 0.3) is 5.91 Å². The van der Waals surface area contributed by atoms with Crippen molar-refractivity contribution in [2.45, 2.75) is 44.9 Å². The molecule has 0 aliphatic carbocycles. The number of hydrogen-bond donors (Lipinski definition) is 0. The number of amides is 1. The second-order valence-electron chi connectivity index (χ2n) is 7.24. The minimum Gasteiger partial charge on any atom is -0.383 e. The summed E-state index contributed by atoms with van der Waals surface area (Å²) in [5.74, 6) is 0.0321. The molecule has 1 fully saturated rings. The Balaban J connectivity index is 1.67. The van der Waals surface area contributed by atoms with E-state index in [2.05, 4.69) is 9.78 Å². The zero-order chi connectivity index (χ0) is 18.8. The molecule has 8 heteroatoms. The summed E-state index contributed by atoms with van der Waals surface area (Å²) < 4.78 is 14.7. The van der Waals surface area contributed by atoms with E-state index >= 15 is 0 Å². The predicted octanol–water partition coefficient (Wildman–Crippen LogP) is 1.70. The Hall–Kier alpha value is -2.19. The van der Waals surface area contributed by atoms with Crippen LogP contribution in [0.4, 0.5) is 0 Å². The summed E-state index contributed by atoms with van der Waals surface area (Å²) in [6.45, 7) is 3.38. The first kappa shape index (κ1) is 18.2. The summed E-state index contributed by atoms with van der Waals surface area (Å²) in [5.41, 5.74) is 4.02. The van der Waals surface area contributed by atoms with E-state index in [-0.39, 0.29) is 11.9 Å². The lowest BCUT2D eigenvalue weighted by molar-refractivity contribution is 0.0596. The Bertz CT molecular complexity index is 812. The highest BCUT2D eigenvalue weighted by molar-refractivity contribution is 5.94. The number of hydrogen-bond acceptors (Lipinski definition) is 5. The first-order valence-electron chi connectivity index (χ1n) is 9.63. The van der Waals surface area contributed by atoms with Gasteiger partial charge in [-0.2, -0.15) is 10.2 Å². The molecule has 1 saturated heterocycles. The van der Waals surface area contributed by atoms with E-state index in [0.717, 1.165) is 50.0 Å². The lowest BCUT2D eigenvalue weighted by atomic mass is 9.95. The standard InChI is InChI=1S/C19H27N5O3/c1-22-12-14(11-20-22)19(25)23-7-4-3-5-17(23)18-15-13-27-9-6-16(15)24(21-18)8-10-26-2/h11-12,17H,3-10,13H2,1-2H3. The van der Waals surface area contributed by atoms with Gasteiger partial charge in [-0.25, -0.2) is 0 Å². The third kappa shape index (κ3) is 3.51. The van der Waals surface area contributed by atoms with Crippen molar-refractivity contribution in [3.63, 3.8) is 0 Å². The van der Waals surface area contributed by atoms with Gasteiger partial charge in [0, 0.05) is 44.6 Å². The molecule has 0 aromatic carbocycles. The van der Waals surface area contributed by atoms with Gasteiger partial charge in [0.2, 0.25) is 0 Å². The summed E-state index contributed by atoms with van der Waals surface area (Å²) in [4.78, 5) is 15.1. The topological polar surface area (TPSA) is 74.4 Å². The average Bonchev–Trinajstić information content (AvgIpc) is 3.30. The Kier molecular flexibility index (Phi) is 5.27. The minimum absolute atomic E-state index is 0.00861. The highest BCUT2D eigenvalue weighted by atomic mass is 16.5. The highest BCUT2D eigenvalue weighted by Gasteiger charge is 2.34. The van der Waals surface area contributed by atoms with Crippen molar-refractivity contribution >= 4 is 5.91 Å². The monoisotopic (exact) mass is 373 g/mol. The molecule has 4 heterocycles. The summed E-state index contributed by atoms with van der Waals surface area (Å²) >= 11 is 0. The molecule has 2 aromatic heterocycles. The number of ether oxygens (including phenoxy) is 2. The molecular formula is C19H27N5O3. The molecule has 2 aliphatic heterocycles. The second kappa shape index (κ2) is 7.82. The van der Waals surface area contributed by atoms with Crippen LogP contribution >= 0.6 is 0 Å². The van der Waals surface area contributed by atoms with Crippen LogP contribution in [0.15, 0.2) is 12.4 Å². The van der Waals surface area contributed by atoms with Gasteiger partial charge >= 0.3 is 0 Å².